The molecule has 122 valence electrons. The van der Waals surface area contributed by atoms with Gasteiger partial charge in [-0.1, -0.05) is 33.1 Å². The third kappa shape index (κ3) is 5.61. The molecule has 1 N–H and O–H groups in total. The molecular formula is C18H34N2O. The summed E-state index contributed by atoms with van der Waals surface area (Å²) in [6, 6.07) is 1.12. The van der Waals surface area contributed by atoms with E-state index in [2.05, 4.69) is 24.1 Å². The van der Waals surface area contributed by atoms with Crippen molar-refractivity contribution in [2.24, 2.45) is 5.92 Å². The molecule has 1 amide bonds. The molecule has 0 aromatic carbocycles. The zero-order valence-electron chi connectivity index (χ0n) is 14.1. The number of hydrogen-bond donors (Lipinski definition) is 1. The van der Waals surface area contributed by atoms with Crippen LogP contribution in [0, 0.1) is 5.92 Å². The van der Waals surface area contributed by atoms with Gasteiger partial charge in [-0.25, -0.2) is 0 Å². The molecule has 1 aliphatic heterocycles. The van der Waals surface area contributed by atoms with E-state index in [-0.39, 0.29) is 0 Å². The first-order valence-corrected chi connectivity index (χ1v) is 9.19. The van der Waals surface area contributed by atoms with E-state index in [1.54, 1.807) is 0 Å². The summed E-state index contributed by atoms with van der Waals surface area (Å²) in [5.74, 6) is 1.09. The summed E-state index contributed by atoms with van der Waals surface area (Å²) < 4.78 is 0. The van der Waals surface area contributed by atoms with Crippen molar-refractivity contribution in [1.82, 2.24) is 10.2 Å². The van der Waals surface area contributed by atoms with Crippen LogP contribution in [-0.4, -0.2) is 36.0 Å². The molecule has 1 atom stereocenters. The van der Waals surface area contributed by atoms with Crippen LogP contribution < -0.4 is 5.32 Å². The molecule has 0 radical (unpaired) electrons. The number of carbonyl (C=O) groups excluding carboxylic acids is 1. The van der Waals surface area contributed by atoms with Gasteiger partial charge in [0.05, 0.1) is 0 Å². The average molecular weight is 294 g/mol. The SMILES string of the molecule is CC(C)CCN(C(=O)CCC1CCCCN1)C1CCCC1. The Labute approximate surface area is 130 Å². The van der Waals surface area contributed by atoms with Crippen molar-refractivity contribution in [2.75, 3.05) is 13.1 Å². The van der Waals surface area contributed by atoms with E-state index < -0.39 is 0 Å². The molecule has 1 saturated heterocycles. The fraction of sp³-hybridized carbons (Fsp3) is 0.944. The van der Waals surface area contributed by atoms with Gasteiger partial charge in [-0.05, 0) is 51.0 Å². The number of hydrogen-bond acceptors (Lipinski definition) is 2. The van der Waals surface area contributed by atoms with Gasteiger partial charge in [0.25, 0.3) is 0 Å². The smallest absolute Gasteiger partial charge is 0.222 e. The van der Waals surface area contributed by atoms with Gasteiger partial charge >= 0.3 is 0 Å². The van der Waals surface area contributed by atoms with Crippen molar-refractivity contribution in [3.8, 4) is 0 Å². The molecule has 1 unspecified atom stereocenters. The van der Waals surface area contributed by atoms with Crippen LogP contribution in [0.3, 0.4) is 0 Å². The Balaban J connectivity index is 1.80. The van der Waals surface area contributed by atoms with Crippen LogP contribution in [0.5, 0.6) is 0 Å². The van der Waals surface area contributed by atoms with Crippen molar-refractivity contribution in [3.63, 3.8) is 0 Å². The summed E-state index contributed by atoms with van der Waals surface area (Å²) in [6.45, 7) is 6.62. The number of carbonyl (C=O) groups is 1. The second kappa shape index (κ2) is 8.77. The first kappa shape index (κ1) is 16.8. The molecule has 0 spiro atoms. The molecule has 1 aliphatic carbocycles. The number of piperidine rings is 1. The molecule has 0 bridgehead atoms. The maximum atomic E-state index is 12.7. The number of nitrogens with one attached hydrogen (secondary N) is 1. The molecular weight excluding hydrogens is 260 g/mol. The second-order valence-corrected chi connectivity index (χ2v) is 7.39. The second-order valence-electron chi connectivity index (χ2n) is 7.39. The van der Waals surface area contributed by atoms with Crippen LogP contribution in [0.1, 0.15) is 78.1 Å². The molecule has 2 aliphatic rings. The summed E-state index contributed by atoms with van der Waals surface area (Å²) >= 11 is 0. The molecule has 21 heavy (non-hydrogen) atoms. The predicted molar refractivity (Wildman–Crippen MR) is 88.3 cm³/mol. The topological polar surface area (TPSA) is 32.3 Å². The van der Waals surface area contributed by atoms with Gasteiger partial charge in [0.1, 0.15) is 0 Å². The fourth-order valence-corrected chi connectivity index (χ4v) is 3.74. The van der Waals surface area contributed by atoms with Gasteiger partial charge in [0, 0.05) is 25.0 Å². The maximum absolute atomic E-state index is 12.7. The van der Waals surface area contributed by atoms with E-state index in [0.29, 0.717) is 23.9 Å². The van der Waals surface area contributed by atoms with Gasteiger partial charge in [-0.15, -0.1) is 0 Å². The van der Waals surface area contributed by atoms with Crippen molar-refractivity contribution in [3.05, 3.63) is 0 Å². The summed E-state index contributed by atoms with van der Waals surface area (Å²) in [5.41, 5.74) is 0. The van der Waals surface area contributed by atoms with Crippen LogP contribution in [0.25, 0.3) is 0 Å². The normalized spacial score (nSPS) is 23.7. The van der Waals surface area contributed by atoms with Crippen LogP contribution in [-0.2, 0) is 4.79 Å². The minimum atomic E-state index is 0.412. The first-order valence-electron chi connectivity index (χ1n) is 9.19. The number of rotatable bonds is 7. The lowest BCUT2D eigenvalue weighted by molar-refractivity contribution is -0.133. The summed E-state index contributed by atoms with van der Waals surface area (Å²) in [7, 11) is 0. The Morgan fingerprint density at radius 3 is 2.48 bits per heavy atom. The maximum Gasteiger partial charge on any atom is 0.222 e. The summed E-state index contributed by atoms with van der Waals surface area (Å²) in [5, 5.41) is 3.56. The minimum absolute atomic E-state index is 0.412. The van der Waals surface area contributed by atoms with Crippen molar-refractivity contribution in [1.29, 1.82) is 0 Å². The largest absolute Gasteiger partial charge is 0.340 e. The van der Waals surface area contributed by atoms with Crippen molar-refractivity contribution < 1.29 is 4.79 Å². The summed E-state index contributed by atoms with van der Waals surface area (Å²) in [6.07, 6.45) is 11.9. The zero-order valence-corrected chi connectivity index (χ0v) is 14.1. The van der Waals surface area contributed by atoms with E-state index in [1.165, 1.54) is 44.9 Å². The quantitative estimate of drug-likeness (QED) is 0.776. The van der Waals surface area contributed by atoms with Gasteiger partial charge in [-0.2, -0.15) is 0 Å². The highest BCUT2D eigenvalue weighted by atomic mass is 16.2. The molecule has 1 heterocycles. The Bertz CT molecular complexity index is 304. The van der Waals surface area contributed by atoms with E-state index in [4.69, 9.17) is 0 Å². The lowest BCUT2D eigenvalue weighted by Gasteiger charge is -2.31. The molecule has 2 fully saturated rings. The van der Waals surface area contributed by atoms with Gasteiger partial charge in [0.2, 0.25) is 5.91 Å². The van der Waals surface area contributed by atoms with Crippen LogP contribution in [0.2, 0.25) is 0 Å². The molecule has 2 rings (SSSR count). The lowest BCUT2D eigenvalue weighted by Crippen LogP contribution is -2.41. The van der Waals surface area contributed by atoms with E-state index in [1.807, 2.05) is 0 Å². The van der Waals surface area contributed by atoms with Gasteiger partial charge in [-0.3, -0.25) is 4.79 Å². The van der Waals surface area contributed by atoms with E-state index in [9.17, 15) is 4.79 Å². The van der Waals surface area contributed by atoms with Crippen molar-refractivity contribution >= 4 is 5.91 Å². The van der Waals surface area contributed by atoms with E-state index >= 15 is 0 Å². The third-order valence-electron chi connectivity index (χ3n) is 5.15. The first-order chi connectivity index (χ1) is 10.2. The fourth-order valence-electron chi connectivity index (χ4n) is 3.74. The molecule has 3 nitrogen and oxygen atoms in total. The number of nitrogens with zero attached hydrogens (tertiary/aromatic N) is 1. The minimum Gasteiger partial charge on any atom is -0.340 e. The monoisotopic (exact) mass is 294 g/mol. The Morgan fingerprint density at radius 2 is 1.86 bits per heavy atom. The Morgan fingerprint density at radius 1 is 1.14 bits per heavy atom. The molecule has 1 saturated carbocycles. The van der Waals surface area contributed by atoms with E-state index in [0.717, 1.165) is 32.4 Å². The molecule has 0 aromatic heterocycles. The highest BCUT2D eigenvalue weighted by Gasteiger charge is 2.26. The lowest BCUT2D eigenvalue weighted by atomic mass is 10.00. The Hall–Kier alpha value is -0.570. The van der Waals surface area contributed by atoms with Gasteiger partial charge in [0.15, 0.2) is 0 Å². The van der Waals surface area contributed by atoms with Crippen LogP contribution in [0.4, 0.5) is 0 Å². The zero-order chi connectivity index (χ0) is 15.1. The van der Waals surface area contributed by atoms with Crippen LogP contribution >= 0.6 is 0 Å². The standard InChI is InChI=1S/C18H34N2O/c1-15(2)12-14-20(17-8-3-4-9-17)18(21)11-10-16-7-5-6-13-19-16/h15-17,19H,3-14H2,1-2H3. The summed E-state index contributed by atoms with van der Waals surface area (Å²) in [4.78, 5) is 14.9. The number of amides is 1. The third-order valence-corrected chi connectivity index (χ3v) is 5.15. The highest BCUT2D eigenvalue weighted by Crippen LogP contribution is 2.25. The molecule has 0 aromatic rings. The average Bonchev–Trinajstić information content (AvgIpc) is 3.00. The Kier molecular flexibility index (Phi) is 7.01. The molecule has 3 heteroatoms. The van der Waals surface area contributed by atoms with Gasteiger partial charge < -0.3 is 10.2 Å². The van der Waals surface area contributed by atoms with Crippen LogP contribution in [0.15, 0.2) is 0 Å². The highest BCUT2D eigenvalue weighted by molar-refractivity contribution is 5.76. The predicted octanol–water partition coefficient (Wildman–Crippen LogP) is 3.73. The van der Waals surface area contributed by atoms with Crippen molar-refractivity contribution in [2.45, 2.75) is 90.1 Å².